The molecular weight excluding hydrogens is 312 g/mol. The van der Waals surface area contributed by atoms with Gasteiger partial charge >= 0.3 is 0 Å². The van der Waals surface area contributed by atoms with Crippen LogP contribution in [0.2, 0.25) is 0 Å². The summed E-state index contributed by atoms with van der Waals surface area (Å²) in [6.45, 7) is 5.17. The Hall–Kier alpha value is -2.62. The number of rotatable bonds is 5. The number of carbonyl (C=O) groups is 2. The molecule has 1 fully saturated rings. The highest BCUT2D eigenvalue weighted by Crippen LogP contribution is 2.22. The number of benzene rings is 2. The fourth-order valence-corrected chi connectivity index (χ4v) is 3.13. The number of hydrogen-bond acceptors (Lipinski definition) is 2. The molecule has 1 aliphatic rings. The van der Waals surface area contributed by atoms with Crippen molar-refractivity contribution in [3.05, 3.63) is 65.2 Å². The first-order valence-corrected chi connectivity index (χ1v) is 8.78. The van der Waals surface area contributed by atoms with E-state index in [0.717, 1.165) is 17.7 Å². The average Bonchev–Trinajstić information content (AvgIpc) is 2.98. The Morgan fingerprint density at radius 1 is 1.16 bits per heavy atom. The lowest BCUT2D eigenvalue weighted by atomic mass is 10.1. The Morgan fingerprint density at radius 2 is 1.92 bits per heavy atom. The average molecular weight is 336 g/mol. The number of aryl methyl sites for hydroxylation is 2. The van der Waals surface area contributed by atoms with E-state index in [1.54, 1.807) is 4.90 Å². The summed E-state index contributed by atoms with van der Waals surface area (Å²) in [6.07, 6.45) is 1.21. The van der Waals surface area contributed by atoms with Gasteiger partial charge in [-0.15, -0.1) is 0 Å². The zero-order valence-electron chi connectivity index (χ0n) is 14.8. The second kappa shape index (κ2) is 7.51. The number of carbonyl (C=O) groups excluding carboxylic acids is 2. The Balaban J connectivity index is 1.61. The highest BCUT2D eigenvalue weighted by atomic mass is 16.2. The van der Waals surface area contributed by atoms with Crippen molar-refractivity contribution in [1.29, 1.82) is 0 Å². The van der Waals surface area contributed by atoms with Gasteiger partial charge in [0.15, 0.2) is 0 Å². The molecule has 3 rings (SSSR count). The van der Waals surface area contributed by atoms with Gasteiger partial charge in [-0.05, 0) is 36.6 Å². The van der Waals surface area contributed by atoms with Crippen molar-refractivity contribution >= 4 is 17.5 Å². The first-order chi connectivity index (χ1) is 12.0. The topological polar surface area (TPSA) is 49.4 Å². The van der Waals surface area contributed by atoms with E-state index in [1.807, 2.05) is 55.5 Å². The molecule has 0 bridgehead atoms. The van der Waals surface area contributed by atoms with Crippen molar-refractivity contribution in [3.8, 4) is 0 Å². The van der Waals surface area contributed by atoms with Crippen LogP contribution < -0.4 is 5.32 Å². The molecule has 2 aromatic carbocycles. The molecule has 25 heavy (non-hydrogen) atoms. The maximum Gasteiger partial charge on any atom is 0.229 e. The van der Waals surface area contributed by atoms with Gasteiger partial charge in [0.2, 0.25) is 11.8 Å². The molecule has 1 atom stereocenters. The van der Waals surface area contributed by atoms with E-state index in [4.69, 9.17) is 0 Å². The fraction of sp³-hybridized carbons (Fsp3) is 0.333. The van der Waals surface area contributed by atoms with E-state index in [0.29, 0.717) is 13.1 Å². The predicted molar refractivity (Wildman–Crippen MR) is 99.2 cm³/mol. The molecule has 0 aliphatic carbocycles. The van der Waals surface area contributed by atoms with Crippen LogP contribution in [-0.4, -0.2) is 23.3 Å². The normalized spacial score (nSPS) is 17.0. The van der Waals surface area contributed by atoms with Crippen LogP contribution in [0.4, 0.5) is 5.69 Å². The summed E-state index contributed by atoms with van der Waals surface area (Å²) in [5, 5.41) is 2.95. The van der Waals surface area contributed by atoms with Gasteiger partial charge in [-0.1, -0.05) is 48.9 Å². The van der Waals surface area contributed by atoms with Crippen molar-refractivity contribution < 1.29 is 9.59 Å². The lowest BCUT2D eigenvalue weighted by Crippen LogP contribution is -2.28. The summed E-state index contributed by atoms with van der Waals surface area (Å²) in [5.74, 6) is -0.320. The maximum absolute atomic E-state index is 12.5. The maximum atomic E-state index is 12.5. The van der Waals surface area contributed by atoms with Crippen LogP contribution in [0.5, 0.6) is 0 Å². The SMILES string of the molecule is CCc1cccc(NC(=O)[C@H]2CC(=O)N(Cc3ccc(C)cc3)C2)c1. The van der Waals surface area contributed by atoms with Crippen molar-refractivity contribution in [2.45, 2.75) is 33.2 Å². The fourth-order valence-electron chi connectivity index (χ4n) is 3.13. The molecule has 2 aromatic rings. The summed E-state index contributed by atoms with van der Waals surface area (Å²) in [5.41, 5.74) is 4.27. The highest BCUT2D eigenvalue weighted by Gasteiger charge is 2.34. The van der Waals surface area contributed by atoms with Gasteiger partial charge in [-0.25, -0.2) is 0 Å². The summed E-state index contributed by atoms with van der Waals surface area (Å²) in [7, 11) is 0. The van der Waals surface area contributed by atoms with Crippen LogP contribution >= 0.6 is 0 Å². The van der Waals surface area contributed by atoms with Crippen molar-refractivity contribution in [2.75, 3.05) is 11.9 Å². The van der Waals surface area contributed by atoms with E-state index in [2.05, 4.69) is 12.2 Å². The van der Waals surface area contributed by atoms with E-state index in [9.17, 15) is 9.59 Å². The van der Waals surface area contributed by atoms with Crippen LogP contribution in [0.25, 0.3) is 0 Å². The molecule has 4 nitrogen and oxygen atoms in total. The Kier molecular flexibility index (Phi) is 5.17. The van der Waals surface area contributed by atoms with Crippen LogP contribution in [0.1, 0.15) is 30.0 Å². The van der Waals surface area contributed by atoms with E-state index < -0.39 is 0 Å². The molecule has 130 valence electrons. The molecule has 1 heterocycles. The van der Waals surface area contributed by atoms with Gasteiger partial charge in [0.1, 0.15) is 0 Å². The Morgan fingerprint density at radius 3 is 2.64 bits per heavy atom. The third-order valence-electron chi connectivity index (χ3n) is 4.68. The number of nitrogens with one attached hydrogen (secondary N) is 1. The summed E-state index contributed by atoms with van der Waals surface area (Å²) >= 11 is 0. The standard InChI is InChI=1S/C21H24N2O2/c1-3-16-5-4-6-19(11-16)22-21(25)18-12-20(24)23(14-18)13-17-9-7-15(2)8-10-17/h4-11,18H,3,12-14H2,1-2H3,(H,22,25)/t18-/m0/s1. The zero-order chi connectivity index (χ0) is 17.8. The second-order valence-electron chi connectivity index (χ2n) is 6.70. The van der Waals surface area contributed by atoms with Gasteiger partial charge in [0.05, 0.1) is 5.92 Å². The van der Waals surface area contributed by atoms with Crippen molar-refractivity contribution in [1.82, 2.24) is 4.90 Å². The van der Waals surface area contributed by atoms with Gasteiger partial charge in [-0.3, -0.25) is 9.59 Å². The zero-order valence-corrected chi connectivity index (χ0v) is 14.8. The van der Waals surface area contributed by atoms with Crippen LogP contribution in [0.15, 0.2) is 48.5 Å². The molecule has 0 unspecified atom stereocenters. The minimum absolute atomic E-state index is 0.0445. The molecule has 4 heteroatoms. The number of nitrogens with zero attached hydrogens (tertiary/aromatic N) is 1. The number of amides is 2. The van der Waals surface area contributed by atoms with E-state index in [1.165, 1.54) is 11.1 Å². The molecule has 1 saturated heterocycles. The predicted octanol–water partition coefficient (Wildman–Crippen LogP) is 3.54. The molecule has 2 amide bonds. The number of anilines is 1. The molecule has 0 saturated carbocycles. The van der Waals surface area contributed by atoms with E-state index >= 15 is 0 Å². The molecule has 1 aliphatic heterocycles. The van der Waals surface area contributed by atoms with Crippen LogP contribution in [0.3, 0.4) is 0 Å². The molecule has 0 spiro atoms. The first kappa shape index (κ1) is 17.2. The van der Waals surface area contributed by atoms with Crippen LogP contribution in [-0.2, 0) is 22.6 Å². The molecular formula is C21H24N2O2. The van der Waals surface area contributed by atoms with E-state index in [-0.39, 0.29) is 24.2 Å². The lowest BCUT2D eigenvalue weighted by molar-refractivity contribution is -0.128. The highest BCUT2D eigenvalue weighted by molar-refractivity contribution is 5.97. The summed E-state index contributed by atoms with van der Waals surface area (Å²) in [4.78, 5) is 26.5. The van der Waals surface area contributed by atoms with Crippen molar-refractivity contribution in [3.63, 3.8) is 0 Å². The minimum Gasteiger partial charge on any atom is -0.338 e. The first-order valence-electron chi connectivity index (χ1n) is 8.78. The van der Waals surface area contributed by atoms with Gasteiger partial charge in [-0.2, -0.15) is 0 Å². The Labute approximate surface area is 148 Å². The number of likely N-dealkylation sites (tertiary alicyclic amines) is 1. The van der Waals surface area contributed by atoms with Gasteiger partial charge in [0, 0.05) is 25.2 Å². The summed E-state index contributed by atoms with van der Waals surface area (Å²) in [6, 6.07) is 16.0. The minimum atomic E-state index is -0.289. The monoisotopic (exact) mass is 336 g/mol. The quantitative estimate of drug-likeness (QED) is 0.908. The van der Waals surface area contributed by atoms with Crippen molar-refractivity contribution in [2.24, 2.45) is 5.92 Å². The third-order valence-corrected chi connectivity index (χ3v) is 4.68. The van der Waals surface area contributed by atoms with Crippen LogP contribution in [0, 0.1) is 12.8 Å². The number of hydrogen-bond donors (Lipinski definition) is 1. The third kappa shape index (κ3) is 4.27. The smallest absolute Gasteiger partial charge is 0.229 e. The molecule has 0 aromatic heterocycles. The molecule has 1 N–H and O–H groups in total. The Bertz CT molecular complexity index is 768. The lowest BCUT2D eigenvalue weighted by Gasteiger charge is -2.17. The largest absolute Gasteiger partial charge is 0.338 e. The van der Waals surface area contributed by atoms with Gasteiger partial charge in [0.25, 0.3) is 0 Å². The summed E-state index contributed by atoms with van der Waals surface area (Å²) < 4.78 is 0. The molecule has 0 radical (unpaired) electrons. The van der Waals surface area contributed by atoms with Gasteiger partial charge < -0.3 is 10.2 Å². The second-order valence-corrected chi connectivity index (χ2v) is 6.70.